The number of amides is 1. The van der Waals surface area contributed by atoms with E-state index in [9.17, 15) is 14.7 Å². The number of carbonyl (C=O) groups excluding carboxylic acids is 1. The van der Waals surface area contributed by atoms with E-state index in [1.807, 2.05) is 0 Å². The Balaban J connectivity index is 2.27. The summed E-state index contributed by atoms with van der Waals surface area (Å²) in [4.78, 5) is 26.5. The Bertz CT molecular complexity index is 688. The molecule has 0 atom stereocenters. The summed E-state index contributed by atoms with van der Waals surface area (Å²) in [5.74, 6) is -2.04. The predicted octanol–water partition coefficient (Wildman–Crippen LogP) is 2.39. The van der Waals surface area contributed by atoms with Gasteiger partial charge in [-0.3, -0.25) is 9.78 Å². The zero-order valence-electron chi connectivity index (χ0n) is 10.0. The zero-order valence-corrected chi connectivity index (χ0v) is 10.8. The molecule has 1 aromatic heterocycles. The first kappa shape index (κ1) is 13.8. The summed E-state index contributed by atoms with van der Waals surface area (Å²) in [5.41, 5.74) is 0.170. The van der Waals surface area contributed by atoms with Gasteiger partial charge in [-0.2, -0.15) is 0 Å². The van der Waals surface area contributed by atoms with Crippen LogP contribution in [0.25, 0.3) is 0 Å². The van der Waals surface area contributed by atoms with Gasteiger partial charge >= 0.3 is 5.97 Å². The molecule has 7 heteroatoms. The highest BCUT2D eigenvalue weighted by molar-refractivity contribution is 6.33. The number of hydrogen-bond donors (Lipinski definition) is 3. The Morgan fingerprint density at radius 1 is 1.20 bits per heavy atom. The van der Waals surface area contributed by atoms with Crippen LogP contribution in [0.5, 0.6) is 5.75 Å². The largest absolute Gasteiger partial charge is 0.505 e. The van der Waals surface area contributed by atoms with Crippen LogP contribution in [-0.2, 0) is 0 Å². The summed E-state index contributed by atoms with van der Waals surface area (Å²) in [6.07, 6.45) is 2.50. The smallest absolute Gasteiger partial charge is 0.337 e. The van der Waals surface area contributed by atoms with E-state index in [0.29, 0.717) is 0 Å². The normalized spacial score (nSPS) is 10.1. The van der Waals surface area contributed by atoms with Crippen LogP contribution in [0.2, 0.25) is 5.02 Å². The molecular weight excluding hydrogens is 284 g/mol. The van der Waals surface area contributed by atoms with Crippen molar-refractivity contribution < 1.29 is 19.8 Å². The second-order valence-electron chi connectivity index (χ2n) is 3.85. The number of aromatic carboxylic acids is 1. The van der Waals surface area contributed by atoms with E-state index in [0.717, 1.165) is 6.20 Å². The summed E-state index contributed by atoms with van der Waals surface area (Å²) < 4.78 is 0. The lowest BCUT2D eigenvalue weighted by Crippen LogP contribution is -2.12. The van der Waals surface area contributed by atoms with Crippen molar-refractivity contribution in [3.05, 3.63) is 52.8 Å². The molecule has 2 rings (SSSR count). The molecule has 102 valence electrons. The van der Waals surface area contributed by atoms with Crippen molar-refractivity contribution >= 4 is 29.2 Å². The first-order chi connectivity index (χ1) is 9.49. The summed E-state index contributed by atoms with van der Waals surface area (Å²) in [6, 6.07) is 5.41. The van der Waals surface area contributed by atoms with Crippen LogP contribution in [0.4, 0.5) is 5.69 Å². The maximum absolute atomic E-state index is 11.9. The monoisotopic (exact) mass is 292 g/mol. The second-order valence-corrected chi connectivity index (χ2v) is 4.25. The van der Waals surface area contributed by atoms with Crippen molar-refractivity contribution in [1.29, 1.82) is 0 Å². The number of nitrogens with one attached hydrogen (secondary N) is 1. The molecule has 0 saturated heterocycles. The third-order valence-corrected chi connectivity index (χ3v) is 2.83. The van der Waals surface area contributed by atoms with E-state index in [-0.39, 0.29) is 27.6 Å². The molecule has 0 spiro atoms. The summed E-state index contributed by atoms with van der Waals surface area (Å²) >= 11 is 5.73. The fourth-order valence-electron chi connectivity index (χ4n) is 1.54. The Labute approximate surface area is 118 Å². The van der Waals surface area contributed by atoms with E-state index in [1.54, 1.807) is 0 Å². The van der Waals surface area contributed by atoms with E-state index in [1.165, 1.54) is 30.5 Å². The fourth-order valence-corrected chi connectivity index (χ4v) is 1.74. The Kier molecular flexibility index (Phi) is 3.86. The standard InChI is InChI=1S/C13H9ClN2O4/c14-10-2-1-7(5-9(10)13(19)20)16-12(18)8-3-4-15-6-11(8)17/h1-6,17H,(H,16,18)(H,19,20). The number of pyridine rings is 1. The van der Waals surface area contributed by atoms with Gasteiger partial charge in [0.2, 0.25) is 0 Å². The molecule has 1 amide bonds. The van der Waals surface area contributed by atoms with Crippen molar-refractivity contribution in [3.8, 4) is 5.75 Å². The lowest BCUT2D eigenvalue weighted by molar-refractivity contribution is 0.0696. The van der Waals surface area contributed by atoms with Crippen LogP contribution in [-0.4, -0.2) is 27.1 Å². The molecule has 0 aliphatic heterocycles. The molecule has 1 aromatic carbocycles. The van der Waals surface area contributed by atoms with Crippen LogP contribution in [0.3, 0.4) is 0 Å². The SMILES string of the molecule is O=C(Nc1ccc(Cl)c(C(=O)O)c1)c1ccncc1O. The van der Waals surface area contributed by atoms with Gasteiger partial charge in [0.25, 0.3) is 5.91 Å². The second kappa shape index (κ2) is 5.58. The number of anilines is 1. The van der Waals surface area contributed by atoms with Gasteiger partial charge < -0.3 is 15.5 Å². The number of carboxylic acid groups (broad SMARTS) is 1. The third-order valence-electron chi connectivity index (χ3n) is 2.50. The lowest BCUT2D eigenvalue weighted by Gasteiger charge is -2.08. The van der Waals surface area contributed by atoms with Gasteiger partial charge in [-0.25, -0.2) is 4.79 Å². The molecule has 0 unspecified atom stereocenters. The number of benzene rings is 1. The van der Waals surface area contributed by atoms with Crippen molar-refractivity contribution in [2.45, 2.75) is 0 Å². The summed E-state index contributed by atoms with van der Waals surface area (Å²) in [6.45, 7) is 0. The molecule has 0 bridgehead atoms. The average molecular weight is 293 g/mol. The molecule has 6 nitrogen and oxygen atoms in total. The quantitative estimate of drug-likeness (QED) is 0.806. The molecule has 0 fully saturated rings. The minimum Gasteiger partial charge on any atom is -0.505 e. The summed E-state index contributed by atoms with van der Waals surface area (Å²) in [7, 11) is 0. The van der Waals surface area contributed by atoms with E-state index in [2.05, 4.69) is 10.3 Å². The van der Waals surface area contributed by atoms with E-state index >= 15 is 0 Å². The minimum absolute atomic E-state index is 0.0341. The number of halogens is 1. The molecule has 0 aliphatic rings. The zero-order chi connectivity index (χ0) is 14.7. The van der Waals surface area contributed by atoms with Gasteiger partial charge in [0.1, 0.15) is 5.75 Å². The fraction of sp³-hybridized carbons (Fsp3) is 0. The van der Waals surface area contributed by atoms with Crippen molar-refractivity contribution in [2.24, 2.45) is 0 Å². The molecular formula is C13H9ClN2O4. The Morgan fingerprint density at radius 3 is 2.60 bits per heavy atom. The predicted molar refractivity (Wildman–Crippen MR) is 72.3 cm³/mol. The number of aromatic nitrogens is 1. The highest BCUT2D eigenvalue weighted by Gasteiger charge is 2.13. The number of aromatic hydroxyl groups is 1. The average Bonchev–Trinajstić information content (AvgIpc) is 2.41. The molecule has 3 N–H and O–H groups in total. The Morgan fingerprint density at radius 2 is 1.95 bits per heavy atom. The van der Waals surface area contributed by atoms with Gasteiger partial charge in [0.05, 0.1) is 22.3 Å². The van der Waals surface area contributed by atoms with Crippen LogP contribution >= 0.6 is 11.6 Å². The van der Waals surface area contributed by atoms with Crippen molar-refractivity contribution in [2.75, 3.05) is 5.32 Å². The molecule has 2 aromatic rings. The van der Waals surface area contributed by atoms with Gasteiger partial charge in [-0.1, -0.05) is 11.6 Å². The first-order valence-electron chi connectivity index (χ1n) is 5.46. The highest BCUT2D eigenvalue weighted by Crippen LogP contribution is 2.22. The minimum atomic E-state index is -1.20. The number of nitrogens with zero attached hydrogens (tertiary/aromatic N) is 1. The topological polar surface area (TPSA) is 99.5 Å². The maximum Gasteiger partial charge on any atom is 0.337 e. The first-order valence-corrected chi connectivity index (χ1v) is 5.84. The van der Waals surface area contributed by atoms with Gasteiger partial charge in [-0.05, 0) is 24.3 Å². The molecule has 0 radical (unpaired) electrons. The van der Waals surface area contributed by atoms with Crippen LogP contribution < -0.4 is 5.32 Å². The number of rotatable bonds is 3. The number of carbonyl (C=O) groups is 2. The molecule has 20 heavy (non-hydrogen) atoms. The van der Waals surface area contributed by atoms with Crippen LogP contribution in [0, 0.1) is 0 Å². The van der Waals surface area contributed by atoms with E-state index in [4.69, 9.17) is 16.7 Å². The van der Waals surface area contributed by atoms with Crippen molar-refractivity contribution in [1.82, 2.24) is 4.98 Å². The van der Waals surface area contributed by atoms with Crippen LogP contribution in [0.15, 0.2) is 36.7 Å². The summed E-state index contributed by atoms with van der Waals surface area (Å²) in [5, 5.41) is 21.0. The highest BCUT2D eigenvalue weighted by atomic mass is 35.5. The maximum atomic E-state index is 11.9. The third kappa shape index (κ3) is 2.86. The van der Waals surface area contributed by atoms with Crippen LogP contribution in [0.1, 0.15) is 20.7 Å². The molecule has 1 heterocycles. The van der Waals surface area contributed by atoms with Gasteiger partial charge in [-0.15, -0.1) is 0 Å². The van der Waals surface area contributed by atoms with Gasteiger partial charge in [0, 0.05) is 11.9 Å². The van der Waals surface area contributed by atoms with Gasteiger partial charge in [0.15, 0.2) is 0 Å². The van der Waals surface area contributed by atoms with E-state index < -0.39 is 11.9 Å². The molecule has 0 saturated carbocycles. The lowest BCUT2D eigenvalue weighted by atomic mass is 10.2. The Hall–Kier alpha value is -2.60. The molecule has 0 aliphatic carbocycles. The van der Waals surface area contributed by atoms with Crippen molar-refractivity contribution in [3.63, 3.8) is 0 Å². The number of carboxylic acids is 1. The number of hydrogen-bond acceptors (Lipinski definition) is 4.